The Labute approximate surface area is 120 Å². The molecule has 108 valence electrons. The standard InChI is InChI=1S/C15H12FNO4/c1-10-7-12(5-6-14(10)16)15(18)21-9-11-3-2-4-13(8-11)17(19)20/h2-8H,9H2,1H3. The molecule has 0 aromatic heterocycles. The second-order valence-electron chi connectivity index (χ2n) is 4.47. The maximum Gasteiger partial charge on any atom is 0.338 e. The second kappa shape index (κ2) is 6.13. The van der Waals surface area contributed by atoms with Gasteiger partial charge in [0.05, 0.1) is 10.5 Å². The summed E-state index contributed by atoms with van der Waals surface area (Å²) in [4.78, 5) is 21.9. The van der Waals surface area contributed by atoms with Gasteiger partial charge in [0.25, 0.3) is 5.69 Å². The van der Waals surface area contributed by atoms with Gasteiger partial charge in [-0.25, -0.2) is 9.18 Å². The Kier molecular flexibility index (Phi) is 4.27. The highest BCUT2D eigenvalue weighted by atomic mass is 19.1. The first-order chi connectivity index (χ1) is 9.97. The molecule has 21 heavy (non-hydrogen) atoms. The van der Waals surface area contributed by atoms with Crippen molar-refractivity contribution in [1.82, 2.24) is 0 Å². The number of ether oxygens (including phenoxy) is 1. The molecule has 0 aliphatic heterocycles. The van der Waals surface area contributed by atoms with Crippen LogP contribution in [-0.4, -0.2) is 10.9 Å². The molecule has 0 unspecified atom stereocenters. The smallest absolute Gasteiger partial charge is 0.338 e. The van der Waals surface area contributed by atoms with Crippen LogP contribution >= 0.6 is 0 Å². The Balaban J connectivity index is 2.05. The highest BCUT2D eigenvalue weighted by Crippen LogP contribution is 2.15. The van der Waals surface area contributed by atoms with Gasteiger partial charge in [0.1, 0.15) is 12.4 Å². The maximum absolute atomic E-state index is 13.1. The number of nitro benzene ring substituents is 1. The summed E-state index contributed by atoms with van der Waals surface area (Å²) in [5.41, 5.74) is 1.02. The number of benzene rings is 2. The number of hydrogen-bond donors (Lipinski definition) is 0. The summed E-state index contributed by atoms with van der Waals surface area (Å²) in [7, 11) is 0. The number of hydrogen-bond acceptors (Lipinski definition) is 4. The molecule has 2 aromatic rings. The van der Waals surface area contributed by atoms with Crippen LogP contribution in [-0.2, 0) is 11.3 Å². The van der Waals surface area contributed by atoms with Gasteiger partial charge < -0.3 is 4.74 Å². The highest BCUT2D eigenvalue weighted by molar-refractivity contribution is 5.89. The van der Waals surface area contributed by atoms with E-state index in [2.05, 4.69) is 0 Å². The summed E-state index contributed by atoms with van der Waals surface area (Å²) in [6.07, 6.45) is 0. The summed E-state index contributed by atoms with van der Waals surface area (Å²) in [6, 6.07) is 9.75. The monoisotopic (exact) mass is 289 g/mol. The van der Waals surface area contributed by atoms with Gasteiger partial charge in [0, 0.05) is 12.1 Å². The van der Waals surface area contributed by atoms with Crippen LogP contribution in [0.5, 0.6) is 0 Å². The van der Waals surface area contributed by atoms with Gasteiger partial charge in [-0.2, -0.15) is 0 Å². The van der Waals surface area contributed by atoms with Crippen LogP contribution in [0.25, 0.3) is 0 Å². The molecule has 6 heteroatoms. The minimum Gasteiger partial charge on any atom is -0.457 e. The van der Waals surface area contributed by atoms with Crippen LogP contribution in [0.3, 0.4) is 0 Å². The SMILES string of the molecule is Cc1cc(C(=O)OCc2cccc([N+](=O)[O-])c2)ccc1F. The molecule has 0 radical (unpaired) electrons. The van der Waals surface area contributed by atoms with E-state index >= 15 is 0 Å². The molecule has 0 saturated heterocycles. The highest BCUT2D eigenvalue weighted by Gasteiger charge is 2.11. The van der Waals surface area contributed by atoms with Crippen LogP contribution < -0.4 is 0 Å². The zero-order chi connectivity index (χ0) is 15.4. The molecule has 0 spiro atoms. The molecule has 2 rings (SSSR count). The van der Waals surface area contributed by atoms with Gasteiger partial charge in [0.2, 0.25) is 0 Å². The summed E-state index contributed by atoms with van der Waals surface area (Å²) in [5, 5.41) is 10.6. The van der Waals surface area contributed by atoms with E-state index in [0.717, 1.165) is 0 Å². The van der Waals surface area contributed by atoms with Gasteiger partial charge in [-0.15, -0.1) is 0 Å². The number of rotatable bonds is 4. The van der Waals surface area contributed by atoms with E-state index in [1.165, 1.54) is 36.4 Å². The van der Waals surface area contributed by atoms with Crippen molar-refractivity contribution in [2.45, 2.75) is 13.5 Å². The summed E-state index contributed by atoms with van der Waals surface area (Å²) in [6.45, 7) is 1.46. The first-order valence-corrected chi connectivity index (χ1v) is 6.14. The molecule has 0 aliphatic carbocycles. The van der Waals surface area contributed by atoms with E-state index in [1.54, 1.807) is 13.0 Å². The van der Waals surface area contributed by atoms with Crippen LogP contribution in [0.4, 0.5) is 10.1 Å². The first-order valence-electron chi connectivity index (χ1n) is 6.14. The second-order valence-corrected chi connectivity index (χ2v) is 4.47. The summed E-state index contributed by atoms with van der Waals surface area (Å²) in [5.74, 6) is -1.00. The number of carbonyl (C=O) groups excluding carboxylic acids is 1. The van der Waals surface area contributed by atoms with Gasteiger partial charge in [-0.1, -0.05) is 12.1 Å². The van der Waals surface area contributed by atoms with Crippen molar-refractivity contribution in [3.63, 3.8) is 0 Å². The van der Waals surface area contributed by atoms with E-state index in [9.17, 15) is 19.3 Å². The van der Waals surface area contributed by atoms with Gasteiger partial charge >= 0.3 is 5.97 Å². The fourth-order valence-corrected chi connectivity index (χ4v) is 1.76. The molecule has 0 heterocycles. The summed E-state index contributed by atoms with van der Waals surface area (Å²) < 4.78 is 18.2. The van der Waals surface area contributed by atoms with Gasteiger partial charge in [-0.05, 0) is 36.2 Å². The molecule has 0 saturated carbocycles. The third-order valence-corrected chi connectivity index (χ3v) is 2.88. The van der Waals surface area contributed by atoms with Crippen LogP contribution in [0.1, 0.15) is 21.5 Å². The van der Waals surface area contributed by atoms with Crippen molar-refractivity contribution in [3.8, 4) is 0 Å². The van der Waals surface area contributed by atoms with Crippen molar-refractivity contribution in [3.05, 3.63) is 75.1 Å². The number of esters is 1. The number of nitro groups is 1. The van der Waals surface area contributed by atoms with Gasteiger partial charge in [0.15, 0.2) is 0 Å². The number of non-ortho nitro benzene ring substituents is 1. The first kappa shape index (κ1) is 14.6. The van der Waals surface area contributed by atoms with Crippen LogP contribution in [0.2, 0.25) is 0 Å². The molecule has 0 atom stereocenters. The van der Waals surface area contributed by atoms with Crippen molar-refractivity contribution in [2.24, 2.45) is 0 Å². The number of halogens is 1. The third kappa shape index (κ3) is 3.62. The quantitative estimate of drug-likeness (QED) is 0.491. The van der Waals surface area contributed by atoms with Crippen molar-refractivity contribution >= 4 is 11.7 Å². The lowest BCUT2D eigenvalue weighted by atomic mass is 10.1. The molecule has 5 nitrogen and oxygen atoms in total. The van der Waals surface area contributed by atoms with E-state index in [-0.39, 0.29) is 17.9 Å². The average Bonchev–Trinajstić information content (AvgIpc) is 2.48. The third-order valence-electron chi connectivity index (χ3n) is 2.88. The largest absolute Gasteiger partial charge is 0.457 e. The molecule has 0 fully saturated rings. The molecule has 2 aromatic carbocycles. The van der Waals surface area contributed by atoms with Gasteiger partial charge in [-0.3, -0.25) is 10.1 Å². The zero-order valence-corrected chi connectivity index (χ0v) is 11.2. The molecule has 0 N–H and O–H groups in total. The topological polar surface area (TPSA) is 69.4 Å². The van der Waals surface area contributed by atoms with Crippen LogP contribution in [0.15, 0.2) is 42.5 Å². The van der Waals surface area contributed by atoms with Crippen molar-refractivity contribution in [2.75, 3.05) is 0 Å². The van der Waals surface area contributed by atoms with E-state index in [0.29, 0.717) is 11.1 Å². The molecular weight excluding hydrogens is 277 g/mol. The number of nitrogens with zero attached hydrogens (tertiary/aromatic N) is 1. The van der Waals surface area contributed by atoms with Crippen molar-refractivity contribution in [1.29, 1.82) is 0 Å². The fourth-order valence-electron chi connectivity index (χ4n) is 1.76. The Morgan fingerprint density at radius 3 is 2.71 bits per heavy atom. The van der Waals surface area contributed by atoms with E-state index in [1.807, 2.05) is 0 Å². The predicted octanol–water partition coefficient (Wildman–Crippen LogP) is 3.40. The van der Waals surface area contributed by atoms with Crippen LogP contribution in [0, 0.1) is 22.9 Å². The average molecular weight is 289 g/mol. The molecular formula is C15H12FNO4. The normalized spacial score (nSPS) is 10.2. The predicted molar refractivity (Wildman–Crippen MR) is 73.4 cm³/mol. The molecule has 0 aliphatic rings. The lowest BCUT2D eigenvalue weighted by Gasteiger charge is -2.06. The number of aryl methyl sites for hydroxylation is 1. The fraction of sp³-hybridized carbons (Fsp3) is 0.133. The lowest BCUT2D eigenvalue weighted by molar-refractivity contribution is -0.384. The number of carbonyl (C=O) groups is 1. The maximum atomic E-state index is 13.1. The van der Waals surface area contributed by atoms with E-state index < -0.39 is 16.7 Å². The summed E-state index contributed by atoms with van der Waals surface area (Å²) >= 11 is 0. The minimum atomic E-state index is -0.607. The Morgan fingerprint density at radius 2 is 2.05 bits per heavy atom. The molecule has 0 amide bonds. The Morgan fingerprint density at radius 1 is 1.29 bits per heavy atom. The Bertz CT molecular complexity index is 700. The molecule has 0 bridgehead atoms. The van der Waals surface area contributed by atoms with Crippen molar-refractivity contribution < 1.29 is 18.8 Å². The zero-order valence-electron chi connectivity index (χ0n) is 11.2. The Hall–Kier alpha value is -2.76. The van der Waals surface area contributed by atoms with E-state index in [4.69, 9.17) is 4.74 Å². The minimum absolute atomic E-state index is 0.0684. The lowest BCUT2D eigenvalue weighted by Crippen LogP contribution is -2.06.